The van der Waals surface area contributed by atoms with Gasteiger partial charge < -0.3 is 10.2 Å². The van der Waals surface area contributed by atoms with Crippen molar-refractivity contribution in [2.45, 2.75) is 13.5 Å². The van der Waals surface area contributed by atoms with Gasteiger partial charge in [-0.15, -0.1) is 0 Å². The molecule has 2 aromatic rings. The lowest BCUT2D eigenvalue weighted by molar-refractivity contribution is -0.128. The Morgan fingerprint density at radius 1 is 1.23 bits per heavy atom. The van der Waals surface area contributed by atoms with E-state index in [1.54, 1.807) is 24.1 Å². The van der Waals surface area contributed by atoms with Crippen LogP contribution in [0.3, 0.4) is 0 Å². The van der Waals surface area contributed by atoms with Gasteiger partial charge in [-0.1, -0.05) is 41.9 Å². The van der Waals surface area contributed by atoms with Crippen molar-refractivity contribution in [2.75, 3.05) is 18.9 Å². The van der Waals surface area contributed by atoms with Crippen LogP contribution in [0.15, 0.2) is 42.5 Å². The van der Waals surface area contributed by atoms with E-state index in [0.717, 1.165) is 11.1 Å². The van der Waals surface area contributed by atoms with Crippen LogP contribution in [0.1, 0.15) is 11.1 Å². The van der Waals surface area contributed by atoms with Crippen molar-refractivity contribution in [3.63, 3.8) is 0 Å². The molecule has 0 aromatic heterocycles. The van der Waals surface area contributed by atoms with Gasteiger partial charge in [-0.25, -0.2) is 4.39 Å². The average molecular weight is 321 g/mol. The smallest absolute Gasteiger partial charge is 0.241 e. The molecule has 0 fully saturated rings. The molecule has 0 aliphatic carbocycles. The van der Waals surface area contributed by atoms with E-state index in [2.05, 4.69) is 5.32 Å². The summed E-state index contributed by atoms with van der Waals surface area (Å²) in [5.41, 5.74) is 2.45. The van der Waals surface area contributed by atoms with Crippen LogP contribution < -0.4 is 5.32 Å². The molecule has 1 N–H and O–H groups in total. The average Bonchev–Trinajstić information content (AvgIpc) is 2.50. The van der Waals surface area contributed by atoms with Gasteiger partial charge in [0.2, 0.25) is 5.91 Å². The second kappa shape index (κ2) is 7.27. The molecule has 22 heavy (non-hydrogen) atoms. The van der Waals surface area contributed by atoms with Crippen LogP contribution >= 0.6 is 11.6 Å². The first kappa shape index (κ1) is 16.3. The Morgan fingerprint density at radius 2 is 1.95 bits per heavy atom. The first-order valence-electron chi connectivity index (χ1n) is 6.95. The van der Waals surface area contributed by atoms with Crippen LogP contribution in [0.2, 0.25) is 5.02 Å². The number of hydrogen-bond donors (Lipinski definition) is 1. The van der Waals surface area contributed by atoms with Crippen LogP contribution in [-0.2, 0) is 11.3 Å². The molecular weight excluding hydrogens is 303 g/mol. The predicted octanol–water partition coefficient (Wildman–Crippen LogP) is 3.86. The van der Waals surface area contributed by atoms with E-state index in [4.69, 9.17) is 11.6 Å². The van der Waals surface area contributed by atoms with E-state index in [9.17, 15) is 9.18 Å². The molecule has 0 radical (unpaired) electrons. The molecular formula is C17H18ClFN2O. The SMILES string of the molecule is Cc1ccccc1CN(C)C(=O)CNc1cccc(Cl)c1F. The van der Waals surface area contributed by atoms with Crippen LogP contribution in [0.25, 0.3) is 0 Å². The summed E-state index contributed by atoms with van der Waals surface area (Å²) in [5, 5.41) is 2.82. The Kier molecular flexibility index (Phi) is 5.39. The summed E-state index contributed by atoms with van der Waals surface area (Å²) in [4.78, 5) is 13.7. The lowest BCUT2D eigenvalue weighted by atomic mass is 10.1. The zero-order valence-corrected chi connectivity index (χ0v) is 13.3. The van der Waals surface area contributed by atoms with E-state index < -0.39 is 5.82 Å². The molecule has 0 heterocycles. The minimum atomic E-state index is -0.543. The van der Waals surface area contributed by atoms with E-state index in [-0.39, 0.29) is 23.2 Å². The third-order valence-corrected chi connectivity index (χ3v) is 3.77. The first-order chi connectivity index (χ1) is 10.5. The zero-order chi connectivity index (χ0) is 16.1. The Balaban J connectivity index is 1.94. The maximum absolute atomic E-state index is 13.7. The number of benzene rings is 2. The van der Waals surface area contributed by atoms with Gasteiger partial charge in [-0.2, -0.15) is 0 Å². The van der Waals surface area contributed by atoms with E-state index in [1.165, 1.54) is 6.07 Å². The summed E-state index contributed by atoms with van der Waals surface area (Å²) < 4.78 is 13.7. The van der Waals surface area contributed by atoms with Gasteiger partial charge in [0.25, 0.3) is 0 Å². The molecule has 0 spiro atoms. The number of carbonyl (C=O) groups is 1. The number of anilines is 1. The normalized spacial score (nSPS) is 10.4. The van der Waals surface area contributed by atoms with Crippen LogP contribution in [0.4, 0.5) is 10.1 Å². The Labute approximate surface area is 134 Å². The number of amides is 1. The van der Waals surface area contributed by atoms with Crippen molar-refractivity contribution in [3.8, 4) is 0 Å². The van der Waals surface area contributed by atoms with Crippen molar-refractivity contribution in [1.82, 2.24) is 4.90 Å². The van der Waals surface area contributed by atoms with Crippen molar-refractivity contribution >= 4 is 23.2 Å². The highest BCUT2D eigenvalue weighted by atomic mass is 35.5. The molecule has 2 rings (SSSR count). The standard InChI is InChI=1S/C17H18ClFN2O/c1-12-6-3-4-7-13(12)11-21(2)16(22)10-20-15-9-5-8-14(18)17(15)19/h3-9,20H,10-11H2,1-2H3. The van der Waals surface area contributed by atoms with E-state index in [1.807, 2.05) is 31.2 Å². The Bertz CT molecular complexity index is 675. The summed E-state index contributed by atoms with van der Waals surface area (Å²) in [7, 11) is 1.73. The summed E-state index contributed by atoms with van der Waals surface area (Å²) in [6.45, 7) is 2.54. The second-order valence-corrected chi connectivity index (χ2v) is 5.54. The fourth-order valence-corrected chi connectivity index (χ4v) is 2.25. The quantitative estimate of drug-likeness (QED) is 0.907. The molecule has 2 aromatic carbocycles. The third kappa shape index (κ3) is 3.98. The number of likely N-dealkylation sites (N-methyl/N-ethyl adjacent to an activating group) is 1. The molecule has 5 heteroatoms. The molecule has 0 atom stereocenters. The number of halogens is 2. The fourth-order valence-electron chi connectivity index (χ4n) is 2.08. The van der Waals surface area contributed by atoms with Crippen LogP contribution in [0.5, 0.6) is 0 Å². The maximum Gasteiger partial charge on any atom is 0.241 e. The largest absolute Gasteiger partial charge is 0.374 e. The minimum Gasteiger partial charge on any atom is -0.374 e. The summed E-state index contributed by atoms with van der Waals surface area (Å²) in [6, 6.07) is 12.6. The topological polar surface area (TPSA) is 32.3 Å². The van der Waals surface area contributed by atoms with Gasteiger partial charge in [0.15, 0.2) is 5.82 Å². The van der Waals surface area contributed by atoms with Gasteiger partial charge in [0.1, 0.15) is 0 Å². The lowest BCUT2D eigenvalue weighted by Gasteiger charge is -2.19. The molecule has 0 saturated heterocycles. The van der Waals surface area contributed by atoms with Gasteiger partial charge in [0.05, 0.1) is 17.3 Å². The molecule has 0 bridgehead atoms. The highest BCUT2D eigenvalue weighted by Gasteiger charge is 2.12. The molecule has 0 unspecified atom stereocenters. The van der Waals surface area contributed by atoms with Crippen molar-refractivity contribution in [3.05, 3.63) is 64.4 Å². The Hall–Kier alpha value is -2.07. The first-order valence-corrected chi connectivity index (χ1v) is 7.33. The number of rotatable bonds is 5. The molecule has 116 valence electrons. The fraction of sp³-hybridized carbons (Fsp3) is 0.235. The number of nitrogens with zero attached hydrogens (tertiary/aromatic N) is 1. The number of aryl methyl sites for hydroxylation is 1. The molecule has 3 nitrogen and oxygen atoms in total. The summed E-state index contributed by atoms with van der Waals surface area (Å²) in [5.74, 6) is -0.666. The van der Waals surface area contributed by atoms with Crippen molar-refractivity contribution in [1.29, 1.82) is 0 Å². The monoisotopic (exact) mass is 320 g/mol. The summed E-state index contributed by atoms with van der Waals surface area (Å²) in [6.07, 6.45) is 0. The number of hydrogen-bond acceptors (Lipinski definition) is 2. The van der Waals surface area contributed by atoms with Gasteiger partial charge in [-0.3, -0.25) is 4.79 Å². The molecule has 0 aliphatic rings. The maximum atomic E-state index is 13.7. The van der Waals surface area contributed by atoms with Gasteiger partial charge in [0, 0.05) is 13.6 Å². The van der Waals surface area contributed by atoms with Crippen molar-refractivity contribution < 1.29 is 9.18 Å². The second-order valence-electron chi connectivity index (χ2n) is 5.13. The van der Waals surface area contributed by atoms with Crippen LogP contribution in [-0.4, -0.2) is 24.4 Å². The van der Waals surface area contributed by atoms with Crippen molar-refractivity contribution in [2.24, 2.45) is 0 Å². The third-order valence-electron chi connectivity index (χ3n) is 3.48. The summed E-state index contributed by atoms with van der Waals surface area (Å²) >= 11 is 5.71. The van der Waals surface area contributed by atoms with Gasteiger partial charge >= 0.3 is 0 Å². The van der Waals surface area contributed by atoms with Crippen LogP contribution in [0, 0.1) is 12.7 Å². The number of nitrogens with one attached hydrogen (secondary N) is 1. The minimum absolute atomic E-state index is 0.0135. The lowest BCUT2D eigenvalue weighted by Crippen LogP contribution is -2.32. The van der Waals surface area contributed by atoms with E-state index >= 15 is 0 Å². The molecule has 1 amide bonds. The van der Waals surface area contributed by atoms with E-state index in [0.29, 0.717) is 6.54 Å². The number of carbonyl (C=O) groups excluding carboxylic acids is 1. The Morgan fingerprint density at radius 3 is 2.68 bits per heavy atom. The zero-order valence-electron chi connectivity index (χ0n) is 12.6. The predicted molar refractivity (Wildman–Crippen MR) is 87.6 cm³/mol. The highest BCUT2D eigenvalue weighted by molar-refractivity contribution is 6.31. The van der Waals surface area contributed by atoms with Gasteiger partial charge in [-0.05, 0) is 30.2 Å². The highest BCUT2D eigenvalue weighted by Crippen LogP contribution is 2.21. The molecule has 0 aliphatic heterocycles. The molecule has 0 saturated carbocycles.